The van der Waals surface area contributed by atoms with E-state index in [1.165, 1.54) is 10.5 Å². The highest BCUT2D eigenvalue weighted by Gasteiger charge is 2.41. The highest BCUT2D eigenvalue weighted by atomic mass is 32.2. The second-order valence-electron chi connectivity index (χ2n) is 5.29. The van der Waals surface area contributed by atoms with Crippen LogP contribution in [0.5, 0.6) is 0 Å². The smallest absolute Gasteiger partial charge is 0.323 e. The van der Waals surface area contributed by atoms with Crippen LogP contribution >= 0.6 is 11.8 Å². The molecule has 1 aromatic rings. The zero-order valence-electron chi connectivity index (χ0n) is 11.5. The van der Waals surface area contributed by atoms with E-state index in [2.05, 4.69) is 36.5 Å². The van der Waals surface area contributed by atoms with Crippen molar-refractivity contribution in [3.05, 3.63) is 29.8 Å². The van der Waals surface area contributed by atoms with Crippen LogP contribution in [0.4, 0.5) is 0 Å². The van der Waals surface area contributed by atoms with Gasteiger partial charge in [0.05, 0.1) is 0 Å². The topological polar surface area (TPSA) is 49.3 Å². The van der Waals surface area contributed by atoms with E-state index in [1.54, 1.807) is 7.05 Å². The van der Waals surface area contributed by atoms with E-state index in [9.17, 15) is 9.90 Å². The number of hydrogen-bond donors (Lipinski definition) is 2. The Kier molecular flexibility index (Phi) is 4.53. The summed E-state index contributed by atoms with van der Waals surface area (Å²) in [6.45, 7) is 2.08. The molecule has 1 fully saturated rings. The third kappa shape index (κ3) is 3.31. The van der Waals surface area contributed by atoms with Gasteiger partial charge in [0.25, 0.3) is 0 Å². The molecule has 0 amide bonds. The second-order valence-corrected chi connectivity index (χ2v) is 6.66. The minimum absolute atomic E-state index is 0.374. The molecule has 2 rings (SSSR count). The van der Waals surface area contributed by atoms with Crippen LogP contribution in [0.3, 0.4) is 0 Å². The molecule has 0 aliphatic heterocycles. The summed E-state index contributed by atoms with van der Waals surface area (Å²) in [5, 5.41) is 12.9. The number of carboxylic acids is 1. The summed E-state index contributed by atoms with van der Waals surface area (Å²) in [6.07, 6.45) is 3.48. The average molecular weight is 279 g/mol. The maximum absolute atomic E-state index is 11.5. The number of rotatable bonds is 4. The van der Waals surface area contributed by atoms with Crippen LogP contribution in [0.1, 0.15) is 31.2 Å². The number of carboxylic acid groups (broad SMARTS) is 1. The van der Waals surface area contributed by atoms with Crippen LogP contribution in [0.25, 0.3) is 0 Å². The summed E-state index contributed by atoms with van der Waals surface area (Å²) in [5.41, 5.74) is 0.513. The van der Waals surface area contributed by atoms with E-state index in [0.717, 1.165) is 19.3 Å². The molecule has 104 valence electrons. The maximum atomic E-state index is 11.5. The molecule has 0 bridgehead atoms. The predicted octanol–water partition coefficient (Wildman–Crippen LogP) is 3.07. The van der Waals surface area contributed by atoms with Gasteiger partial charge < -0.3 is 10.4 Å². The summed E-state index contributed by atoms with van der Waals surface area (Å²) < 4.78 is 0. The summed E-state index contributed by atoms with van der Waals surface area (Å²) in [7, 11) is 1.76. The number of thioether (sulfide) groups is 1. The summed E-state index contributed by atoms with van der Waals surface area (Å²) >= 11 is 1.81. The van der Waals surface area contributed by atoms with Crippen molar-refractivity contribution < 1.29 is 9.90 Å². The molecule has 1 aliphatic rings. The predicted molar refractivity (Wildman–Crippen MR) is 78.7 cm³/mol. The fourth-order valence-corrected chi connectivity index (χ4v) is 4.18. The van der Waals surface area contributed by atoms with Crippen molar-refractivity contribution in [1.82, 2.24) is 5.32 Å². The molecule has 3 nitrogen and oxygen atoms in total. The molecule has 0 heterocycles. The van der Waals surface area contributed by atoms with Crippen molar-refractivity contribution in [3.63, 3.8) is 0 Å². The Balaban J connectivity index is 2.07. The van der Waals surface area contributed by atoms with Crippen molar-refractivity contribution in [1.29, 1.82) is 0 Å². The zero-order valence-corrected chi connectivity index (χ0v) is 12.3. The number of carbonyl (C=O) groups is 1. The van der Waals surface area contributed by atoms with Crippen molar-refractivity contribution in [3.8, 4) is 0 Å². The highest BCUT2D eigenvalue weighted by molar-refractivity contribution is 8.00. The van der Waals surface area contributed by atoms with Gasteiger partial charge in [-0.2, -0.15) is 0 Å². The van der Waals surface area contributed by atoms with Gasteiger partial charge in [0.15, 0.2) is 0 Å². The molecular formula is C15H21NO2S. The molecule has 0 spiro atoms. The molecule has 1 aliphatic carbocycles. The van der Waals surface area contributed by atoms with Gasteiger partial charge in [-0.3, -0.25) is 4.79 Å². The first kappa shape index (κ1) is 14.4. The van der Waals surface area contributed by atoms with Crippen LogP contribution in [0.15, 0.2) is 29.2 Å². The van der Waals surface area contributed by atoms with Gasteiger partial charge in [-0.15, -0.1) is 11.8 Å². The lowest BCUT2D eigenvalue weighted by atomic mass is 9.81. The number of benzene rings is 1. The van der Waals surface area contributed by atoms with Gasteiger partial charge >= 0.3 is 5.97 Å². The average Bonchev–Trinajstić information content (AvgIpc) is 2.38. The molecule has 1 saturated carbocycles. The number of likely N-dealkylation sites (N-methyl/N-ethyl adjacent to an activating group) is 1. The first-order valence-electron chi connectivity index (χ1n) is 6.71. The standard InChI is InChI=1S/C15H21NO2S/c1-11-5-3-6-12(9-11)19-13-7-4-8-15(10-13,16-2)14(17)18/h3,5-6,9,13,16H,4,7-8,10H2,1-2H3,(H,17,18). The van der Waals surface area contributed by atoms with Crippen LogP contribution in [0, 0.1) is 6.92 Å². The largest absolute Gasteiger partial charge is 0.480 e. The molecule has 2 atom stereocenters. The number of hydrogen-bond acceptors (Lipinski definition) is 3. The molecule has 2 unspecified atom stereocenters. The Morgan fingerprint density at radius 2 is 2.32 bits per heavy atom. The molecule has 0 saturated heterocycles. The van der Waals surface area contributed by atoms with Crippen molar-refractivity contribution in [2.45, 2.75) is 48.3 Å². The van der Waals surface area contributed by atoms with Crippen molar-refractivity contribution >= 4 is 17.7 Å². The third-order valence-corrected chi connectivity index (χ3v) is 5.15. The van der Waals surface area contributed by atoms with E-state index >= 15 is 0 Å². The van der Waals surface area contributed by atoms with Gasteiger partial charge in [0.2, 0.25) is 0 Å². The lowest BCUT2D eigenvalue weighted by molar-refractivity contribution is -0.146. The molecule has 1 aromatic carbocycles. The highest BCUT2D eigenvalue weighted by Crippen LogP contribution is 2.38. The number of aliphatic carboxylic acids is 1. The number of nitrogens with one attached hydrogen (secondary N) is 1. The van der Waals surface area contributed by atoms with Gasteiger partial charge in [-0.25, -0.2) is 0 Å². The Hall–Kier alpha value is -1.00. The fourth-order valence-electron chi connectivity index (χ4n) is 2.73. The van der Waals surface area contributed by atoms with Crippen LogP contribution in [0.2, 0.25) is 0 Å². The van der Waals surface area contributed by atoms with Crippen molar-refractivity contribution in [2.75, 3.05) is 7.05 Å². The lowest BCUT2D eigenvalue weighted by Gasteiger charge is -2.37. The lowest BCUT2D eigenvalue weighted by Crippen LogP contribution is -2.53. The Morgan fingerprint density at radius 1 is 1.53 bits per heavy atom. The van der Waals surface area contributed by atoms with E-state index in [1.807, 2.05) is 11.8 Å². The minimum Gasteiger partial charge on any atom is -0.480 e. The van der Waals surface area contributed by atoms with Gasteiger partial charge in [-0.1, -0.05) is 17.7 Å². The quantitative estimate of drug-likeness (QED) is 0.889. The van der Waals surface area contributed by atoms with Crippen LogP contribution < -0.4 is 5.32 Å². The summed E-state index contributed by atoms with van der Waals surface area (Å²) in [5.74, 6) is -0.718. The third-order valence-electron chi connectivity index (χ3n) is 3.89. The Labute approximate surface area is 118 Å². The van der Waals surface area contributed by atoms with Gasteiger partial charge in [0, 0.05) is 10.1 Å². The summed E-state index contributed by atoms with van der Waals surface area (Å²) in [4.78, 5) is 12.7. The van der Waals surface area contributed by atoms with E-state index in [4.69, 9.17) is 0 Å². The van der Waals surface area contributed by atoms with Gasteiger partial charge in [-0.05, 0) is 51.8 Å². The molecular weight excluding hydrogens is 258 g/mol. The van der Waals surface area contributed by atoms with E-state index in [0.29, 0.717) is 11.7 Å². The molecule has 19 heavy (non-hydrogen) atoms. The normalized spacial score (nSPS) is 27.2. The van der Waals surface area contributed by atoms with Crippen LogP contribution in [-0.4, -0.2) is 28.9 Å². The molecule has 2 N–H and O–H groups in total. The first-order valence-corrected chi connectivity index (χ1v) is 7.59. The second kappa shape index (κ2) is 5.97. The molecule has 0 radical (unpaired) electrons. The first-order chi connectivity index (χ1) is 9.05. The maximum Gasteiger partial charge on any atom is 0.323 e. The minimum atomic E-state index is -0.736. The summed E-state index contributed by atoms with van der Waals surface area (Å²) in [6, 6.07) is 8.41. The van der Waals surface area contributed by atoms with E-state index < -0.39 is 11.5 Å². The SMILES string of the molecule is CNC1(C(=O)O)CCCC(Sc2cccc(C)c2)C1. The molecule has 4 heteroatoms. The number of aryl methyl sites for hydroxylation is 1. The fraction of sp³-hybridized carbons (Fsp3) is 0.533. The Morgan fingerprint density at radius 3 is 2.95 bits per heavy atom. The van der Waals surface area contributed by atoms with Gasteiger partial charge in [0.1, 0.15) is 5.54 Å². The van der Waals surface area contributed by atoms with E-state index in [-0.39, 0.29) is 0 Å². The van der Waals surface area contributed by atoms with Crippen molar-refractivity contribution in [2.24, 2.45) is 0 Å². The van der Waals surface area contributed by atoms with Crippen LogP contribution in [-0.2, 0) is 4.79 Å². The Bertz CT molecular complexity index is 463. The monoisotopic (exact) mass is 279 g/mol. The zero-order chi connectivity index (χ0) is 13.9. The molecule has 0 aromatic heterocycles.